The van der Waals surface area contributed by atoms with Crippen molar-refractivity contribution in [3.63, 3.8) is 0 Å². The fraction of sp³-hybridized carbons (Fsp3) is 0.211. The first kappa shape index (κ1) is 18.4. The Morgan fingerprint density at radius 3 is 2.27 bits per heavy atom. The molecule has 0 aliphatic heterocycles. The van der Waals surface area contributed by atoms with Crippen LogP contribution in [0.2, 0.25) is 0 Å². The van der Waals surface area contributed by atoms with Crippen LogP contribution in [0.4, 0.5) is 8.78 Å². The molecule has 0 saturated heterocycles. The van der Waals surface area contributed by atoms with E-state index in [0.29, 0.717) is 18.8 Å². The number of halogens is 2. The zero-order valence-corrected chi connectivity index (χ0v) is 15.1. The van der Waals surface area contributed by atoms with Gasteiger partial charge in [-0.15, -0.1) is 0 Å². The van der Waals surface area contributed by atoms with Crippen molar-refractivity contribution in [2.75, 3.05) is 6.54 Å². The molecule has 1 aromatic heterocycles. The smallest absolute Gasteiger partial charge is 0.131 e. The summed E-state index contributed by atoms with van der Waals surface area (Å²) in [6.45, 7) is 3.20. The van der Waals surface area contributed by atoms with Crippen molar-refractivity contribution < 1.29 is 13.5 Å². The monoisotopic (exact) mass is 375 g/mol. The molecule has 7 heteroatoms. The number of benzene rings is 2. The van der Waals surface area contributed by atoms with E-state index in [-0.39, 0.29) is 18.2 Å². The van der Waals surface area contributed by atoms with E-state index in [0.717, 1.165) is 21.2 Å². The van der Waals surface area contributed by atoms with Gasteiger partial charge in [-0.25, -0.2) is 8.78 Å². The Hall–Kier alpha value is -2.38. The molecule has 0 saturated carbocycles. The highest BCUT2D eigenvalue weighted by Crippen LogP contribution is 2.34. The summed E-state index contributed by atoms with van der Waals surface area (Å²) in [5, 5.41) is 4.54. The Kier molecular flexibility index (Phi) is 5.90. The van der Waals surface area contributed by atoms with Crippen molar-refractivity contribution >= 4 is 11.8 Å². The highest BCUT2D eigenvalue weighted by Gasteiger charge is 2.17. The molecule has 2 aromatic carbocycles. The first-order valence-corrected chi connectivity index (χ1v) is 8.96. The summed E-state index contributed by atoms with van der Waals surface area (Å²) in [4.78, 5) is 1.86. The highest BCUT2D eigenvalue weighted by atomic mass is 32.2. The van der Waals surface area contributed by atoms with Crippen LogP contribution in [0.15, 0.2) is 58.3 Å². The van der Waals surface area contributed by atoms with Gasteiger partial charge in [0.2, 0.25) is 0 Å². The van der Waals surface area contributed by atoms with Crippen LogP contribution >= 0.6 is 11.8 Å². The van der Waals surface area contributed by atoms with Crippen molar-refractivity contribution in [3.8, 4) is 5.75 Å². The maximum atomic E-state index is 13.1. The predicted molar refractivity (Wildman–Crippen MR) is 97.3 cm³/mol. The fourth-order valence-corrected chi connectivity index (χ4v) is 3.47. The van der Waals surface area contributed by atoms with E-state index in [1.54, 1.807) is 24.3 Å². The van der Waals surface area contributed by atoms with Gasteiger partial charge in [-0.2, -0.15) is 5.10 Å². The van der Waals surface area contributed by atoms with Crippen LogP contribution in [0.1, 0.15) is 11.4 Å². The lowest BCUT2D eigenvalue weighted by Gasteiger charge is -2.11. The first-order chi connectivity index (χ1) is 12.6. The summed E-state index contributed by atoms with van der Waals surface area (Å²) in [6, 6.07) is 12.2. The Morgan fingerprint density at radius 2 is 1.65 bits per heavy atom. The summed E-state index contributed by atoms with van der Waals surface area (Å²) in [6.07, 6.45) is 0. The third-order valence-corrected chi connectivity index (χ3v) is 4.98. The lowest BCUT2D eigenvalue weighted by Crippen LogP contribution is -2.15. The van der Waals surface area contributed by atoms with E-state index in [9.17, 15) is 8.78 Å². The summed E-state index contributed by atoms with van der Waals surface area (Å²) in [5.41, 5.74) is 7.42. The van der Waals surface area contributed by atoms with Crippen LogP contribution in [0.25, 0.3) is 0 Å². The third kappa shape index (κ3) is 4.42. The van der Waals surface area contributed by atoms with E-state index < -0.39 is 0 Å². The maximum Gasteiger partial charge on any atom is 0.131 e. The predicted octanol–water partition coefficient (Wildman–Crippen LogP) is 4.16. The molecule has 0 spiro atoms. The molecule has 1 heterocycles. The number of nitrogens with two attached hydrogens (primary N) is 1. The number of nitrogens with zero attached hydrogens (tertiary/aromatic N) is 2. The van der Waals surface area contributed by atoms with E-state index in [1.807, 2.05) is 11.6 Å². The van der Waals surface area contributed by atoms with Gasteiger partial charge in [0, 0.05) is 11.4 Å². The highest BCUT2D eigenvalue weighted by molar-refractivity contribution is 7.99. The van der Waals surface area contributed by atoms with E-state index in [1.165, 1.54) is 36.0 Å². The molecule has 136 valence electrons. The van der Waals surface area contributed by atoms with E-state index in [2.05, 4.69) is 5.10 Å². The molecule has 26 heavy (non-hydrogen) atoms. The molecule has 0 amide bonds. The second kappa shape index (κ2) is 8.33. The molecule has 0 aliphatic rings. The molecule has 3 aromatic rings. The number of rotatable bonds is 7. The Balaban J connectivity index is 1.85. The maximum absolute atomic E-state index is 13.1. The summed E-state index contributed by atoms with van der Waals surface area (Å²) >= 11 is 1.50. The minimum absolute atomic E-state index is 0.273. The molecule has 0 unspecified atom stereocenters. The van der Waals surface area contributed by atoms with Crippen molar-refractivity contribution in [3.05, 3.63) is 71.6 Å². The van der Waals surface area contributed by atoms with Gasteiger partial charge in [-0.3, -0.25) is 4.68 Å². The van der Waals surface area contributed by atoms with Crippen LogP contribution in [0, 0.1) is 18.6 Å². The average Bonchev–Trinajstić information content (AvgIpc) is 2.92. The molecule has 0 atom stereocenters. The average molecular weight is 375 g/mol. The van der Waals surface area contributed by atoms with Crippen molar-refractivity contribution in [2.45, 2.75) is 29.9 Å². The number of hydrogen-bond acceptors (Lipinski definition) is 4. The Morgan fingerprint density at radius 1 is 1.04 bits per heavy atom. The summed E-state index contributed by atoms with van der Waals surface area (Å²) in [7, 11) is 0. The van der Waals surface area contributed by atoms with Gasteiger partial charge in [-0.1, -0.05) is 11.8 Å². The SMILES string of the molecule is Cc1nn(CCN)c(COc2ccc(F)cc2)c1Sc1ccc(F)cc1. The minimum atomic E-state index is -0.311. The van der Waals surface area contributed by atoms with Crippen molar-refractivity contribution in [2.24, 2.45) is 5.73 Å². The standard InChI is InChI=1S/C19H19F2N3OS/c1-13-19(26-17-8-4-15(21)5-9-17)18(24(23-13)11-10-22)12-25-16-6-2-14(20)3-7-16/h2-9H,10-12,22H2,1H3. The molecule has 3 rings (SSSR count). The lowest BCUT2D eigenvalue weighted by atomic mass is 10.3. The third-order valence-electron chi connectivity index (χ3n) is 3.74. The number of hydrogen-bond donors (Lipinski definition) is 1. The minimum Gasteiger partial charge on any atom is -0.487 e. The molecule has 4 nitrogen and oxygen atoms in total. The topological polar surface area (TPSA) is 53.1 Å². The van der Waals surface area contributed by atoms with Gasteiger partial charge < -0.3 is 10.5 Å². The second-order valence-corrected chi connectivity index (χ2v) is 6.76. The molecule has 0 bridgehead atoms. The number of ether oxygens (including phenoxy) is 1. The lowest BCUT2D eigenvalue weighted by molar-refractivity contribution is 0.288. The first-order valence-electron chi connectivity index (χ1n) is 8.15. The van der Waals surface area contributed by atoms with Gasteiger partial charge >= 0.3 is 0 Å². The Bertz CT molecular complexity index is 864. The second-order valence-electron chi connectivity index (χ2n) is 5.67. The largest absolute Gasteiger partial charge is 0.487 e. The molecule has 2 N–H and O–H groups in total. The summed E-state index contributed by atoms with van der Waals surface area (Å²) < 4.78 is 33.8. The van der Waals surface area contributed by atoms with Crippen LogP contribution in [0.3, 0.4) is 0 Å². The van der Waals surface area contributed by atoms with Crippen LogP contribution < -0.4 is 10.5 Å². The fourth-order valence-electron chi connectivity index (χ4n) is 2.50. The van der Waals surface area contributed by atoms with E-state index >= 15 is 0 Å². The van der Waals surface area contributed by atoms with Gasteiger partial charge in [0.15, 0.2) is 0 Å². The van der Waals surface area contributed by atoms with E-state index in [4.69, 9.17) is 10.5 Å². The zero-order valence-electron chi connectivity index (χ0n) is 14.3. The molecule has 0 fully saturated rings. The van der Waals surface area contributed by atoms with Crippen LogP contribution in [-0.2, 0) is 13.2 Å². The zero-order chi connectivity index (χ0) is 18.5. The van der Waals surface area contributed by atoms with Crippen LogP contribution in [-0.4, -0.2) is 16.3 Å². The quantitative estimate of drug-likeness (QED) is 0.674. The number of aryl methyl sites for hydroxylation is 1. The van der Waals surface area contributed by atoms with Gasteiger partial charge in [-0.05, 0) is 55.5 Å². The molecule has 0 aliphatic carbocycles. The molecule has 0 radical (unpaired) electrons. The van der Waals surface area contributed by atoms with Crippen molar-refractivity contribution in [1.29, 1.82) is 0 Å². The van der Waals surface area contributed by atoms with Gasteiger partial charge in [0.1, 0.15) is 24.0 Å². The molecular formula is C19H19F2N3OS. The van der Waals surface area contributed by atoms with Crippen molar-refractivity contribution in [1.82, 2.24) is 9.78 Å². The Labute approximate surface area is 155 Å². The summed E-state index contributed by atoms with van der Waals surface area (Å²) in [5.74, 6) is -0.0130. The van der Waals surface area contributed by atoms with Crippen LogP contribution in [0.5, 0.6) is 5.75 Å². The van der Waals surface area contributed by atoms with Gasteiger partial charge in [0.05, 0.1) is 22.8 Å². The number of aromatic nitrogens is 2. The normalized spacial score (nSPS) is 10.9. The molecular weight excluding hydrogens is 356 g/mol. The van der Waals surface area contributed by atoms with Gasteiger partial charge in [0.25, 0.3) is 0 Å².